The van der Waals surface area contributed by atoms with Gasteiger partial charge in [-0.1, -0.05) is 24.3 Å². The van der Waals surface area contributed by atoms with Gasteiger partial charge >= 0.3 is 0 Å². The van der Waals surface area contributed by atoms with E-state index in [1.165, 1.54) is 7.11 Å². The second-order valence-electron chi connectivity index (χ2n) is 7.63. The SMILES string of the molecule is COc1cc(C)ccc1C(=O)N/N=C/c1cn(CC(=O)N2CCOCC2)c2ccccc12. The highest BCUT2D eigenvalue weighted by molar-refractivity contribution is 6.01. The van der Waals surface area contributed by atoms with Crippen LogP contribution in [0.4, 0.5) is 0 Å². The summed E-state index contributed by atoms with van der Waals surface area (Å²) in [6.07, 6.45) is 3.47. The molecule has 1 saturated heterocycles. The summed E-state index contributed by atoms with van der Waals surface area (Å²) in [5, 5.41) is 5.09. The van der Waals surface area contributed by atoms with Gasteiger partial charge in [-0.2, -0.15) is 5.10 Å². The monoisotopic (exact) mass is 434 g/mol. The zero-order valence-corrected chi connectivity index (χ0v) is 18.2. The number of hydrazone groups is 1. The van der Waals surface area contributed by atoms with Gasteiger partial charge in [0.25, 0.3) is 5.91 Å². The molecular weight excluding hydrogens is 408 g/mol. The molecule has 1 N–H and O–H groups in total. The van der Waals surface area contributed by atoms with Gasteiger partial charge in [-0.05, 0) is 30.7 Å². The van der Waals surface area contributed by atoms with Crippen molar-refractivity contribution in [3.63, 3.8) is 0 Å². The molecule has 1 aliphatic heterocycles. The first-order valence-corrected chi connectivity index (χ1v) is 10.5. The van der Waals surface area contributed by atoms with E-state index in [9.17, 15) is 9.59 Å². The lowest BCUT2D eigenvalue weighted by molar-refractivity contribution is -0.135. The molecule has 2 amide bonds. The lowest BCUT2D eigenvalue weighted by Crippen LogP contribution is -2.42. The van der Waals surface area contributed by atoms with Crippen LogP contribution in [0.5, 0.6) is 5.75 Å². The van der Waals surface area contributed by atoms with Gasteiger partial charge in [0.1, 0.15) is 12.3 Å². The quantitative estimate of drug-likeness (QED) is 0.477. The Hall–Kier alpha value is -3.65. The van der Waals surface area contributed by atoms with Crippen LogP contribution in [-0.2, 0) is 16.1 Å². The Kier molecular flexibility index (Phi) is 6.51. The lowest BCUT2D eigenvalue weighted by Gasteiger charge is -2.27. The van der Waals surface area contributed by atoms with Crippen molar-refractivity contribution in [3.8, 4) is 5.75 Å². The molecular formula is C24H26N4O4. The molecule has 1 fully saturated rings. The van der Waals surface area contributed by atoms with Crippen molar-refractivity contribution >= 4 is 28.9 Å². The summed E-state index contributed by atoms with van der Waals surface area (Å²) in [6.45, 7) is 4.54. The second-order valence-corrected chi connectivity index (χ2v) is 7.63. The Labute approximate surface area is 186 Å². The van der Waals surface area contributed by atoms with Crippen molar-refractivity contribution in [2.75, 3.05) is 33.4 Å². The van der Waals surface area contributed by atoms with Crippen molar-refractivity contribution < 1.29 is 19.1 Å². The van der Waals surface area contributed by atoms with Gasteiger partial charge in [0.15, 0.2) is 0 Å². The van der Waals surface area contributed by atoms with E-state index in [1.807, 2.05) is 52.9 Å². The minimum atomic E-state index is -0.357. The summed E-state index contributed by atoms with van der Waals surface area (Å²) in [5.74, 6) is 0.192. The summed E-state index contributed by atoms with van der Waals surface area (Å²) in [5.41, 5.74) is 5.72. The molecule has 1 aliphatic rings. The standard InChI is InChI=1S/C24H26N4O4/c1-17-7-8-20(22(13-17)31-2)24(30)26-25-14-18-15-28(21-6-4-3-5-19(18)21)16-23(29)27-9-11-32-12-10-27/h3-8,13-15H,9-12,16H2,1-2H3,(H,26,30)/b25-14+. The first kappa shape index (κ1) is 21.6. The van der Waals surface area contributed by atoms with Crippen molar-refractivity contribution in [2.24, 2.45) is 5.10 Å². The number of aryl methyl sites for hydroxylation is 1. The van der Waals surface area contributed by atoms with Crippen LogP contribution in [0.15, 0.2) is 53.8 Å². The third-order valence-electron chi connectivity index (χ3n) is 5.46. The maximum absolute atomic E-state index is 12.7. The Morgan fingerprint density at radius 1 is 1.19 bits per heavy atom. The number of fused-ring (bicyclic) bond motifs is 1. The first-order chi connectivity index (χ1) is 15.6. The van der Waals surface area contributed by atoms with E-state index in [4.69, 9.17) is 9.47 Å². The fourth-order valence-electron chi connectivity index (χ4n) is 3.77. The van der Waals surface area contributed by atoms with Crippen molar-refractivity contribution in [3.05, 3.63) is 65.4 Å². The summed E-state index contributed by atoms with van der Waals surface area (Å²) in [4.78, 5) is 27.1. The molecule has 0 aliphatic carbocycles. The molecule has 0 saturated carbocycles. The van der Waals surface area contributed by atoms with Crippen LogP contribution in [0.1, 0.15) is 21.5 Å². The van der Waals surface area contributed by atoms with Crippen LogP contribution in [0.3, 0.4) is 0 Å². The Morgan fingerprint density at radius 3 is 2.75 bits per heavy atom. The van der Waals surface area contributed by atoms with Crippen LogP contribution in [0.25, 0.3) is 10.9 Å². The number of nitrogens with one attached hydrogen (secondary N) is 1. The van der Waals surface area contributed by atoms with Crippen LogP contribution >= 0.6 is 0 Å². The molecule has 3 aromatic rings. The molecule has 1 aromatic heterocycles. The topological polar surface area (TPSA) is 85.2 Å². The van der Waals surface area contributed by atoms with E-state index in [-0.39, 0.29) is 18.4 Å². The Balaban J connectivity index is 1.51. The van der Waals surface area contributed by atoms with E-state index < -0.39 is 0 Å². The normalized spacial score (nSPS) is 14.1. The van der Waals surface area contributed by atoms with Crippen LogP contribution in [0.2, 0.25) is 0 Å². The van der Waals surface area contributed by atoms with E-state index in [0.717, 1.165) is 22.0 Å². The molecule has 166 valence electrons. The predicted octanol–water partition coefficient (Wildman–Crippen LogP) is 2.58. The third-order valence-corrected chi connectivity index (χ3v) is 5.46. The fraction of sp³-hybridized carbons (Fsp3) is 0.292. The van der Waals surface area contributed by atoms with E-state index >= 15 is 0 Å². The van der Waals surface area contributed by atoms with E-state index in [0.29, 0.717) is 37.6 Å². The number of amides is 2. The van der Waals surface area contributed by atoms with Gasteiger partial charge in [0, 0.05) is 35.8 Å². The van der Waals surface area contributed by atoms with Gasteiger partial charge in [0.2, 0.25) is 5.91 Å². The zero-order valence-electron chi connectivity index (χ0n) is 18.2. The van der Waals surface area contributed by atoms with Gasteiger partial charge < -0.3 is 18.9 Å². The molecule has 0 atom stereocenters. The summed E-state index contributed by atoms with van der Waals surface area (Å²) >= 11 is 0. The number of morpholine rings is 1. The molecule has 0 spiro atoms. The number of para-hydroxylation sites is 1. The minimum absolute atomic E-state index is 0.0531. The highest BCUT2D eigenvalue weighted by atomic mass is 16.5. The number of carbonyl (C=O) groups is 2. The van der Waals surface area contributed by atoms with E-state index in [2.05, 4.69) is 10.5 Å². The Bertz CT molecular complexity index is 1160. The first-order valence-electron chi connectivity index (χ1n) is 10.5. The number of nitrogens with zero attached hydrogens (tertiary/aromatic N) is 3. The van der Waals surface area contributed by atoms with Crippen LogP contribution in [0, 0.1) is 6.92 Å². The largest absolute Gasteiger partial charge is 0.496 e. The number of rotatable bonds is 6. The van der Waals surface area contributed by atoms with Crippen LogP contribution < -0.4 is 10.2 Å². The number of carbonyl (C=O) groups excluding carboxylic acids is 2. The van der Waals surface area contributed by atoms with Gasteiger partial charge in [0.05, 0.1) is 32.1 Å². The molecule has 4 rings (SSSR count). The highest BCUT2D eigenvalue weighted by Gasteiger charge is 2.18. The average molecular weight is 434 g/mol. The summed E-state index contributed by atoms with van der Waals surface area (Å²) in [7, 11) is 1.53. The highest BCUT2D eigenvalue weighted by Crippen LogP contribution is 2.21. The van der Waals surface area contributed by atoms with Gasteiger partial charge in [-0.15, -0.1) is 0 Å². The summed E-state index contributed by atoms with van der Waals surface area (Å²) < 4.78 is 12.5. The fourth-order valence-corrected chi connectivity index (χ4v) is 3.77. The molecule has 32 heavy (non-hydrogen) atoms. The number of hydrogen-bond acceptors (Lipinski definition) is 5. The zero-order chi connectivity index (χ0) is 22.5. The number of aromatic nitrogens is 1. The lowest BCUT2D eigenvalue weighted by atomic mass is 10.1. The summed E-state index contributed by atoms with van der Waals surface area (Å²) in [6, 6.07) is 13.2. The van der Waals surface area contributed by atoms with Gasteiger partial charge in [-0.3, -0.25) is 9.59 Å². The molecule has 0 bridgehead atoms. The van der Waals surface area contributed by atoms with Crippen LogP contribution in [-0.4, -0.2) is 60.9 Å². The van der Waals surface area contributed by atoms with Crippen molar-refractivity contribution in [1.82, 2.24) is 14.9 Å². The molecule has 0 radical (unpaired) electrons. The number of hydrogen-bond donors (Lipinski definition) is 1. The molecule has 2 aromatic carbocycles. The average Bonchev–Trinajstić information content (AvgIpc) is 3.16. The number of benzene rings is 2. The maximum atomic E-state index is 12.7. The van der Waals surface area contributed by atoms with Gasteiger partial charge in [-0.25, -0.2) is 5.43 Å². The molecule has 8 nitrogen and oxygen atoms in total. The predicted molar refractivity (Wildman–Crippen MR) is 122 cm³/mol. The number of methoxy groups -OCH3 is 1. The molecule has 0 unspecified atom stereocenters. The van der Waals surface area contributed by atoms with E-state index in [1.54, 1.807) is 18.3 Å². The van der Waals surface area contributed by atoms with Crippen molar-refractivity contribution in [1.29, 1.82) is 0 Å². The Morgan fingerprint density at radius 2 is 1.97 bits per heavy atom. The third kappa shape index (κ3) is 4.65. The minimum Gasteiger partial charge on any atom is -0.496 e. The molecule has 2 heterocycles. The maximum Gasteiger partial charge on any atom is 0.275 e. The second kappa shape index (κ2) is 9.65. The smallest absolute Gasteiger partial charge is 0.275 e. The van der Waals surface area contributed by atoms with Crippen molar-refractivity contribution in [2.45, 2.75) is 13.5 Å². The number of ether oxygens (including phenoxy) is 2. The molecule has 8 heteroatoms.